The predicted molar refractivity (Wildman–Crippen MR) is 408 cm³/mol. The fourth-order valence-electron chi connectivity index (χ4n) is 15.4. The number of fused-ring (bicyclic) bond motifs is 6. The van der Waals surface area contributed by atoms with Gasteiger partial charge in [-0.1, -0.05) is 244 Å². The second-order valence-electron chi connectivity index (χ2n) is 25.4. The van der Waals surface area contributed by atoms with Crippen LogP contribution in [0, 0.1) is 17.6 Å². The molecule has 0 aliphatic heterocycles. The van der Waals surface area contributed by atoms with Crippen molar-refractivity contribution >= 4 is 69.8 Å². The van der Waals surface area contributed by atoms with Crippen LogP contribution in [0.5, 0.6) is 0 Å². The molecule has 0 bridgehead atoms. The Bertz CT molecular complexity index is 5110. The molecule has 472 valence electrons. The lowest BCUT2D eigenvalue weighted by atomic mass is 9.63. The van der Waals surface area contributed by atoms with E-state index in [1.54, 1.807) is 24.3 Å². The number of benzene rings is 13. The monoisotopic (exact) mass is 1300 g/mol. The van der Waals surface area contributed by atoms with Gasteiger partial charge in [0.25, 0.3) is 0 Å². The first-order valence-corrected chi connectivity index (χ1v) is 35.3. The van der Waals surface area contributed by atoms with Gasteiger partial charge in [-0.05, 0) is 210 Å². The van der Waals surface area contributed by atoms with Crippen LogP contribution in [0.1, 0.15) is 72.7 Å². The van der Waals surface area contributed by atoms with Crippen molar-refractivity contribution in [1.82, 2.24) is 0 Å². The molecule has 0 radical (unpaired) electrons. The zero-order chi connectivity index (χ0) is 66.2. The van der Waals surface area contributed by atoms with Gasteiger partial charge in [0.2, 0.25) is 0 Å². The third-order valence-corrected chi connectivity index (χ3v) is 22.2. The molecule has 4 atom stereocenters. The van der Waals surface area contributed by atoms with Gasteiger partial charge in [-0.25, -0.2) is 8.78 Å². The number of allylic oxidation sites excluding steroid dienone is 4. The van der Waals surface area contributed by atoms with Crippen molar-refractivity contribution in [2.24, 2.45) is 5.92 Å². The molecule has 16 rings (SSSR count). The van der Waals surface area contributed by atoms with Crippen LogP contribution in [0.4, 0.5) is 42.9 Å². The highest BCUT2D eigenvalue weighted by atomic mass is 32.2. The summed E-state index contributed by atoms with van der Waals surface area (Å²) in [4.78, 5) is 7.06. The maximum atomic E-state index is 15.1. The van der Waals surface area contributed by atoms with Crippen molar-refractivity contribution in [1.29, 1.82) is 0 Å². The summed E-state index contributed by atoms with van der Waals surface area (Å²) in [5.74, 6) is 1.31. The van der Waals surface area contributed by atoms with Gasteiger partial charge in [0.1, 0.15) is 11.6 Å². The Kier molecular flexibility index (Phi) is 16.7. The summed E-state index contributed by atoms with van der Waals surface area (Å²) in [7, 11) is 0. The predicted octanol–water partition coefficient (Wildman–Crippen LogP) is 25.0. The molecule has 98 heavy (non-hydrogen) atoms. The second-order valence-corrected chi connectivity index (χ2v) is 27.5. The van der Waals surface area contributed by atoms with E-state index in [0.29, 0.717) is 0 Å². The highest BCUT2D eigenvalue weighted by molar-refractivity contribution is 7.98. The summed E-state index contributed by atoms with van der Waals surface area (Å²) in [6.07, 6.45) is 12.8. The van der Waals surface area contributed by atoms with Gasteiger partial charge in [0.05, 0.1) is 10.8 Å². The lowest BCUT2D eigenvalue weighted by Gasteiger charge is -2.39. The summed E-state index contributed by atoms with van der Waals surface area (Å²) >= 11 is 3.64. The molecular formula is C92H68F2N2S2. The lowest BCUT2D eigenvalue weighted by Crippen LogP contribution is -2.35. The maximum absolute atomic E-state index is 15.1. The van der Waals surface area contributed by atoms with Gasteiger partial charge in [0.15, 0.2) is 0 Å². The Morgan fingerprint density at radius 3 is 1.28 bits per heavy atom. The van der Waals surface area contributed by atoms with E-state index in [9.17, 15) is 0 Å². The number of anilines is 6. The maximum Gasteiger partial charge on any atom is 0.123 e. The Morgan fingerprint density at radius 1 is 0.357 bits per heavy atom. The molecule has 0 N–H and O–H groups in total. The van der Waals surface area contributed by atoms with Crippen molar-refractivity contribution in [3.05, 3.63) is 431 Å². The van der Waals surface area contributed by atoms with Gasteiger partial charge in [-0.2, -0.15) is 0 Å². The molecule has 0 aromatic heterocycles. The molecule has 3 aliphatic rings. The Hall–Kier alpha value is -11.0. The minimum atomic E-state index is -0.760. The average molecular weight is 1300 g/mol. The zero-order valence-electron chi connectivity index (χ0n) is 53.9. The smallest absolute Gasteiger partial charge is 0.123 e. The number of hydrogen-bond donors (Lipinski definition) is 0. The molecule has 13 aromatic rings. The summed E-state index contributed by atoms with van der Waals surface area (Å²) < 4.78 is 30.2. The highest BCUT2D eigenvalue weighted by Gasteiger charge is 2.53. The topological polar surface area (TPSA) is 6.48 Å². The summed E-state index contributed by atoms with van der Waals surface area (Å²) in [6, 6.07) is 111. The quantitative estimate of drug-likeness (QED) is 0.0744. The third kappa shape index (κ3) is 11.2. The van der Waals surface area contributed by atoms with Crippen molar-refractivity contribution in [2.45, 2.75) is 38.0 Å². The fourth-order valence-corrected chi connectivity index (χ4v) is 17.1. The van der Waals surface area contributed by atoms with Gasteiger partial charge in [0, 0.05) is 67.3 Å². The largest absolute Gasteiger partial charge is 0.310 e. The number of thioether (sulfide) groups is 2. The van der Waals surface area contributed by atoms with E-state index in [-0.39, 0.29) is 23.5 Å². The first kappa shape index (κ1) is 61.8. The minimum absolute atomic E-state index is 0.0379. The number of halogens is 2. The van der Waals surface area contributed by atoms with Crippen LogP contribution in [0.25, 0.3) is 34.4 Å². The Morgan fingerprint density at radius 2 is 0.765 bits per heavy atom. The molecule has 0 heterocycles. The van der Waals surface area contributed by atoms with Gasteiger partial charge in [-0.15, -0.1) is 23.5 Å². The van der Waals surface area contributed by atoms with E-state index in [2.05, 4.69) is 314 Å². The van der Waals surface area contributed by atoms with Crippen molar-refractivity contribution in [2.75, 3.05) is 9.80 Å². The van der Waals surface area contributed by atoms with Crippen LogP contribution >= 0.6 is 23.5 Å². The molecule has 6 heteroatoms. The van der Waals surface area contributed by atoms with Crippen LogP contribution in [0.15, 0.2) is 363 Å². The molecule has 2 nitrogen and oxygen atoms in total. The van der Waals surface area contributed by atoms with E-state index in [4.69, 9.17) is 0 Å². The van der Waals surface area contributed by atoms with Crippen molar-refractivity contribution in [3.63, 3.8) is 0 Å². The minimum Gasteiger partial charge on any atom is -0.310 e. The first-order chi connectivity index (χ1) is 48.3. The van der Waals surface area contributed by atoms with Crippen LogP contribution in [-0.2, 0) is 22.3 Å². The number of para-hydroxylation sites is 2. The standard InChI is InChI=1S/C92H68F2N2S2/c1-3-63-23-27-65(28-24-63)61-97-81-53-39-71(40-54-81)91(69-35-43-73(93)44-36-69)87-21-13-11-19-83(87)85-57-51-79(59-89(85)91)95(75-15-7-5-8-16-75)77-47-31-67(32-48-77)68-33-49-78(50-34-68)96(76-17-9-6-10-18-76)80-52-58-86-84-20-12-14-22-88(84)92(90(86)60-80,70-37-45-74(94)46-38-70)72-41-55-82(56-42-72)98-62-66-29-25-64(4-2)26-30-66/h3-60,83,87H,1-2,61-62H2. The molecule has 4 unspecified atom stereocenters. The molecular weight excluding hydrogens is 1240 g/mol. The van der Waals surface area contributed by atoms with Crippen LogP contribution in [0.3, 0.4) is 0 Å². The van der Waals surface area contributed by atoms with E-state index in [1.807, 2.05) is 59.9 Å². The molecule has 3 aliphatic carbocycles. The first-order valence-electron chi connectivity index (χ1n) is 33.3. The highest BCUT2D eigenvalue weighted by Crippen LogP contribution is 2.61. The number of hydrogen-bond acceptors (Lipinski definition) is 4. The third-order valence-electron chi connectivity index (χ3n) is 20.0. The molecule has 0 amide bonds. The van der Waals surface area contributed by atoms with Crippen LogP contribution in [-0.4, -0.2) is 0 Å². The summed E-state index contributed by atoms with van der Waals surface area (Å²) in [5, 5.41) is 0. The van der Waals surface area contributed by atoms with E-state index < -0.39 is 10.8 Å². The molecule has 13 aromatic carbocycles. The Labute approximate surface area is 582 Å². The molecule has 0 saturated heterocycles. The lowest BCUT2D eigenvalue weighted by molar-refractivity contribution is 0.455. The Balaban J connectivity index is 0.740. The summed E-state index contributed by atoms with van der Waals surface area (Å²) in [6.45, 7) is 7.85. The van der Waals surface area contributed by atoms with E-state index in [1.165, 1.54) is 37.6 Å². The van der Waals surface area contributed by atoms with Gasteiger partial charge in [-0.3, -0.25) is 0 Å². The van der Waals surface area contributed by atoms with Gasteiger partial charge < -0.3 is 9.80 Å². The van der Waals surface area contributed by atoms with E-state index in [0.717, 1.165) is 107 Å². The molecule has 0 saturated carbocycles. The SMILES string of the molecule is C=Cc1ccc(CSc2ccc(C3(c4ccc(F)cc4)c4ccccc4-c4ccc(N(c5ccccc5)c5ccc(-c6ccc(N(c7ccccc7)c7ccc8c(c7)C(c7ccc(F)cc7)(c7ccc(SCc9ccc(C=C)cc9)cc7)C7C=CC=CC87)cc6)cc5)cc43)cc2)cc1. The van der Waals surface area contributed by atoms with Crippen LogP contribution in [0.2, 0.25) is 0 Å². The number of nitrogens with zero attached hydrogens (tertiary/aromatic N) is 2. The number of rotatable bonds is 19. The average Bonchev–Trinajstić information content (AvgIpc) is 1.54. The summed E-state index contributed by atoms with van der Waals surface area (Å²) in [5.41, 5.74) is 23.0. The normalized spacial score (nSPS) is 16.9. The second kappa shape index (κ2) is 26.5. The fraction of sp³-hybridized carbons (Fsp3) is 0.0652. The van der Waals surface area contributed by atoms with Crippen LogP contribution < -0.4 is 9.80 Å². The zero-order valence-corrected chi connectivity index (χ0v) is 55.6. The van der Waals surface area contributed by atoms with Crippen molar-refractivity contribution in [3.8, 4) is 22.3 Å². The van der Waals surface area contributed by atoms with Crippen molar-refractivity contribution < 1.29 is 8.78 Å². The molecule has 0 spiro atoms. The van der Waals surface area contributed by atoms with E-state index >= 15 is 8.78 Å². The molecule has 0 fully saturated rings. The van der Waals surface area contributed by atoms with Gasteiger partial charge >= 0.3 is 0 Å².